The normalized spacial score (nSPS) is 11.0. The molecule has 2 aromatic carbocycles. The van der Waals surface area contributed by atoms with Crippen molar-refractivity contribution >= 4 is 27.1 Å². The maximum absolute atomic E-state index is 5.46. The molecule has 0 saturated heterocycles. The van der Waals surface area contributed by atoms with E-state index in [0.717, 1.165) is 29.2 Å². The third-order valence-electron chi connectivity index (χ3n) is 4.18. The standard InChI is InChI=1S/C19H20BrNO2/c1-5-14-15-8-6-12(2)10-16(15)21(20)19(14)13-7-9-17(22-3)18(11-13)23-4/h6-11H,5H2,1-4H3. The van der Waals surface area contributed by atoms with Gasteiger partial charge in [-0.05, 0) is 48.7 Å². The van der Waals surface area contributed by atoms with Crippen molar-refractivity contribution in [3.8, 4) is 22.8 Å². The van der Waals surface area contributed by atoms with Crippen LogP contribution in [0.15, 0.2) is 36.4 Å². The number of rotatable bonds is 4. The molecule has 120 valence electrons. The fourth-order valence-corrected chi connectivity index (χ4v) is 3.77. The summed E-state index contributed by atoms with van der Waals surface area (Å²) >= 11 is 3.74. The molecule has 23 heavy (non-hydrogen) atoms. The first-order valence-corrected chi connectivity index (χ1v) is 8.34. The predicted octanol–water partition coefficient (Wildman–Crippen LogP) is 5.35. The Morgan fingerprint density at radius 1 is 1.00 bits per heavy atom. The van der Waals surface area contributed by atoms with Crippen LogP contribution in [0.3, 0.4) is 0 Å². The van der Waals surface area contributed by atoms with Crippen LogP contribution < -0.4 is 9.47 Å². The first kappa shape index (κ1) is 15.9. The summed E-state index contributed by atoms with van der Waals surface area (Å²) in [5.41, 5.74) is 6.02. The molecular weight excluding hydrogens is 354 g/mol. The number of benzene rings is 2. The Bertz CT molecular complexity index is 867. The zero-order chi connectivity index (χ0) is 16.6. The molecule has 0 bridgehead atoms. The summed E-state index contributed by atoms with van der Waals surface area (Å²) in [4.78, 5) is 0. The van der Waals surface area contributed by atoms with E-state index in [-0.39, 0.29) is 0 Å². The summed E-state index contributed by atoms with van der Waals surface area (Å²) in [5, 5.41) is 1.28. The molecule has 0 unspecified atom stereocenters. The number of fused-ring (bicyclic) bond motifs is 1. The summed E-state index contributed by atoms with van der Waals surface area (Å²) in [6.45, 7) is 4.30. The number of aromatic nitrogens is 1. The molecule has 3 nitrogen and oxygen atoms in total. The Hall–Kier alpha value is -1.94. The minimum Gasteiger partial charge on any atom is -0.493 e. The number of hydrogen-bond donors (Lipinski definition) is 0. The third-order valence-corrected chi connectivity index (χ3v) is 4.92. The molecular formula is C19H20BrNO2. The molecule has 4 heteroatoms. The number of halogens is 1. The average molecular weight is 374 g/mol. The van der Waals surface area contributed by atoms with Gasteiger partial charge in [0.05, 0.1) is 41.6 Å². The number of methoxy groups -OCH3 is 2. The summed E-state index contributed by atoms with van der Waals surface area (Å²) in [5.74, 6) is 1.48. The van der Waals surface area contributed by atoms with Crippen molar-refractivity contribution in [2.45, 2.75) is 20.3 Å². The molecule has 0 spiro atoms. The second-order valence-electron chi connectivity index (χ2n) is 5.55. The van der Waals surface area contributed by atoms with Gasteiger partial charge in [-0.25, -0.2) is 0 Å². The van der Waals surface area contributed by atoms with Crippen molar-refractivity contribution in [2.75, 3.05) is 14.2 Å². The van der Waals surface area contributed by atoms with E-state index in [9.17, 15) is 0 Å². The Labute approximate surface area is 145 Å². The maximum atomic E-state index is 5.46. The number of hydrogen-bond acceptors (Lipinski definition) is 2. The van der Waals surface area contributed by atoms with E-state index in [1.54, 1.807) is 14.2 Å². The smallest absolute Gasteiger partial charge is 0.161 e. The van der Waals surface area contributed by atoms with Crippen LogP contribution in [0.25, 0.3) is 22.2 Å². The highest BCUT2D eigenvalue weighted by Crippen LogP contribution is 2.39. The fourth-order valence-electron chi connectivity index (χ4n) is 3.05. The predicted molar refractivity (Wildman–Crippen MR) is 98.9 cm³/mol. The second kappa shape index (κ2) is 6.28. The van der Waals surface area contributed by atoms with Gasteiger partial charge in [-0.15, -0.1) is 0 Å². The topological polar surface area (TPSA) is 23.4 Å². The molecule has 0 aliphatic carbocycles. The van der Waals surface area contributed by atoms with Crippen molar-refractivity contribution < 1.29 is 9.47 Å². The van der Waals surface area contributed by atoms with E-state index in [4.69, 9.17) is 9.47 Å². The van der Waals surface area contributed by atoms with Gasteiger partial charge in [0.2, 0.25) is 0 Å². The Balaban J connectivity index is 2.29. The Morgan fingerprint density at radius 2 is 1.74 bits per heavy atom. The highest BCUT2D eigenvalue weighted by molar-refractivity contribution is 9.08. The van der Waals surface area contributed by atoms with Crippen molar-refractivity contribution in [1.29, 1.82) is 0 Å². The third kappa shape index (κ3) is 2.61. The van der Waals surface area contributed by atoms with E-state index >= 15 is 0 Å². The van der Waals surface area contributed by atoms with E-state index in [0.29, 0.717) is 0 Å². The molecule has 0 radical (unpaired) electrons. The van der Waals surface area contributed by atoms with Crippen LogP contribution in [-0.2, 0) is 6.42 Å². The molecule has 0 aliphatic rings. The van der Waals surface area contributed by atoms with Gasteiger partial charge >= 0.3 is 0 Å². The molecule has 1 heterocycles. The Kier molecular flexibility index (Phi) is 4.35. The molecule has 0 aliphatic heterocycles. The Morgan fingerprint density at radius 3 is 2.39 bits per heavy atom. The van der Waals surface area contributed by atoms with Crippen molar-refractivity contribution in [2.24, 2.45) is 0 Å². The van der Waals surface area contributed by atoms with Crippen LogP contribution in [0.5, 0.6) is 11.5 Å². The molecule has 1 aromatic heterocycles. The molecule has 0 fully saturated rings. The van der Waals surface area contributed by atoms with Crippen molar-refractivity contribution in [1.82, 2.24) is 3.59 Å². The molecule has 0 N–H and O–H groups in total. The summed E-state index contributed by atoms with van der Waals surface area (Å²) in [6.07, 6.45) is 0.960. The lowest BCUT2D eigenvalue weighted by Gasteiger charge is -2.11. The summed E-state index contributed by atoms with van der Waals surface area (Å²) in [7, 11) is 3.31. The van der Waals surface area contributed by atoms with E-state index in [2.05, 4.69) is 57.9 Å². The molecule has 0 saturated carbocycles. The van der Waals surface area contributed by atoms with E-state index in [1.165, 1.54) is 22.0 Å². The van der Waals surface area contributed by atoms with Crippen LogP contribution in [-0.4, -0.2) is 17.8 Å². The maximum Gasteiger partial charge on any atom is 0.161 e. The van der Waals surface area contributed by atoms with Gasteiger partial charge in [0.1, 0.15) is 0 Å². The summed E-state index contributed by atoms with van der Waals surface area (Å²) in [6, 6.07) is 12.6. The number of aryl methyl sites for hydroxylation is 2. The molecule has 0 amide bonds. The fraction of sp³-hybridized carbons (Fsp3) is 0.263. The molecule has 3 rings (SSSR count). The largest absolute Gasteiger partial charge is 0.493 e. The monoisotopic (exact) mass is 373 g/mol. The first-order valence-electron chi connectivity index (χ1n) is 7.63. The average Bonchev–Trinajstić information content (AvgIpc) is 2.85. The lowest BCUT2D eigenvalue weighted by Crippen LogP contribution is -1.93. The van der Waals surface area contributed by atoms with Gasteiger partial charge < -0.3 is 9.47 Å². The summed E-state index contributed by atoms with van der Waals surface area (Å²) < 4.78 is 12.9. The zero-order valence-electron chi connectivity index (χ0n) is 13.8. The zero-order valence-corrected chi connectivity index (χ0v) is 15.4. The van der Waals surface area contributed by atoms with Crippen molar-refractivity contribution in [3.05, 3.63) is 47.5 Å². The first-order chi connectivity index (χ1) is 11.1. The van der Waals surface area contributed by atoms with Gasteiger partial charge in [-0.3, -0.25) is 3.59 Å². The molecule has 0 atom stereocenters. The van der Waals surface area contributed by atoms with Crippen LogP contribution in [0.2, 0.25) is 0 Å². The lowest BCUT2D eigenvalue weighted by molar-refractivity contribution is 0.355. The molecule has 3 aromatic rings. The minimum absolute atomic E-state index is 0.737. The van der Waals surface area contributed by atoms with Crippen LogP contribution in [0.4, 0.5) is 0 Å². The van der Waals surface area contributed by atoms with Crippen LogP contribution in [0, 0.1) is 6.92 Å². The van der Waals surface area contributed by atoms with E-state index < -0.39 is 0 Å². The highest BCUT2D eigenvalue weighted by Gasteiger charge is 2.18. The SMILES string of the molecule is CCc1c(-c2ccc(OC)c(OC)c2)n(Br)c2cc(C)ccc12. The second-order valence-corrected chi connectivity index (χ2v) is 6.26. The van der Waals surface area contributed by atoms with Crippen molar-refractivity contribution in [3.63, 3.8) is 0 Å². The van der Waals surface area contributed by atoms with Gasteiger partial charge in [-0.2, -0.15) is 0 Å². The van der Waals surface area contributed by atoms with E-state index in [1.807, 2.05) is 12.1 Å². The quantitative estimate of drug-likeness (QED) is 0.614. The van der Waals surface area contributed by atoms with Crippen LogP contribution in [0.1, 0.15) is 18.1 Å². The van der Waals surface area contributed by atoms with Gasteiger partial charge in [-0.1, -0.05) is 19.1 Å². The van der Waals surface area contributed by atoms with Gasteiger partial charge in [0.15, 0.2) is 11.5 Å². The lowest BCUT2D eigenvalue weighted by atomic mass is 10.0. The van der Waals surface area contributed by atoms with Gasteiger partial charge in [0.25, 0.3) is 0 Å². The minimum atomic E-state index is 0.737. The van der Waals surface area contributed by atoms with Gasteiger partial charge in [0, 0.05) is 10.9 Å². The number of nitrogens with zero attached hydrogens (tertiary/aromatic N) is 1. The highest BCUT2D eigenvalue weighted by atomic mass is 79.9. The number of ether oxygens (including phenoxy) is 2. The van der Waals surface area contributed by atoms with Crippen LogP contribution >= 0.6 is 16.1 Å².